The van der Waals surface area contributed by atoms with Crippen LogP contribution in [-0.2, 0) is 5.41 Å². The van der Waals surface area contributed by atoms with Crippen LogP contribution in [0.2, 0.25) is 0 Å². The number of aryl methyl sites for hydroxylation is 1. The molecule has 2 N–H and O–H groups in total. The summed E-state index contributed by atoms with van der Waals surface area (Å²) in [5.74, 6) is -2.50. The van der Waals surface area contributed by atoms with Crippen molar-refractivity contribution in [3.8, 4) is 23.3 Å². The lowest BCUT2D eigenvalue weighted by Crippen LogP contribution is -2.43. The van der Waals surface area contributed by atoms with Gasteiger partial charge in [-0.25, -0.2) is 8.78 Å². The Balaban J connectivity index is 1.36. The normalized spacial score (nSPS) is 14.9. The van der Waals surface area contributed by atoms with E-state index >= 15 is 0 Å². The summed E-state index contributed by atoms with van der Waals surface area (Å²) in [7, 11) is 0. The molecule has 194 valence electrons. The zero-order valence-corrected chi connectivity index (χ0v) is 21.0. The van der Waals surface area contributed by atoms with Crippen LogP contribution < -0.4 is 10.9 Å². The number of aromatic amines is 1. The molecule has 38 heavy (non-hydrogen) atoms. The first kappa shape index (κ1) is 26.7. The molecule has 1 aliphatic heterocycles. The topological polar surface area (TPSA) is 113 Å². The number of nitrogens with one attached hydrogen (secondary N) is 2. The zero-order chi connectivity index (χ0) is 27.3. The van der Waals surface area contributed by atoms with Crippen LogP contribution in [0.25, 0.3) is 11.1 Å². The highest BCUT2D eigenvalue weighted by molar-refractivity contribution is 6.01. The summed E-state index contributed by atoms with van der Waals surface area (Å²) in [6.45, 7) is 4.05. The number of carbonyl (C=O) groups is 1. The molecule has 2 heterocycles. The van der Waals surface area contributed by atoms with Crippen LogP contribution in [0.5, 0.6) is 0 Å². The van der Waals surface area contributed by atoms with Gasteiger partial charge in [0.25, 0.3) is 5.91 Å². The Labute approximate surface area is 219 Å². The first-order valence-corrected chi connectivity index (χ1v) is 12.4. The SMILES string of the molecule is Cc1[nH]c(=O)cc(-c2ccc(F)c(F)c2)c1C(=O)NCCCN1CCC(C#N)(c2ccccc2C#N)CC1. The Morgan fingerprint density at radius 3 is 2.53 bits per heavy atom. The minimum absolute atomic E-state index is 0.198. The van der Waals surface area contributed by atoms with E-state index in [1.54, 1.807) is 19.1 Å². The lowest BCUT2D eigenvalue weighted by molar-refractivity contribution is 0.0950. The van der Waals surface area contributed by atoms with E-state index < -0.39 is 28.5 Å². The fraction of sp³-hybridized carbons (Fsp3) is 0.310. The van der Waals surface area contributed by atoms with Gasteiger partial charge in [-0.3, -0.25) is 9.59 Å². The Kier molecular flexibility index (Phi) is 7.99. The van der Waals surface area contributed by atoms with Gasteiger partial charge in [0.05, 0.1) is 28.7 Å². The maximum Gasteiger partial charge on any atom is 0.253 e. The van der Waals surface area contributed by atoms with Crippen molar-refractivity contribution < 1.29 is 13.6 Å². The molecule has 1 amide bonds. The van der Waals surface area contributed by atoms with Crippen molar-refractivity contribution in [1.29, 1.82) is 10.5 Å². The second kappa shape index (κ2) is 11.4. The Morgan fingerprint density at radius 1 is 1.11 bits per heavy atom. The lowest BCUT2D eigenvalue weighted by Gasteiger charge is -2.38. The van der Waals surface area contributed by atoms with E-state index in [-0.39, 0.29) is 16.7 Å². The first-order valence-electron chi connectivity index (χ1n) is 12.4. The van der Waals surface area contributed by atoms with Crippen LogP contribution in [0.4, 0.5) is 8.78 Å². The number of aromatic nitrogens is 1. The van der Waals surface area contributed by atoms with Crippen LogP contribution in [0.15, 0.2) is 53.3 Å². The van der Waals surface area contributed by atoms with Gasteiger partial charge < -0.3 is 15.2 Å². The summed E-state index contributed by atoms with van der Waals surface area (Å²) in [6, 6.07) is 16.4. The maximum atomic E-state index is 13.8. The lowest BCUT2D eigenvalue weighted by atomic mass is 9.72. The van der Waals surface area contributed by atoms with Crippen molar-refractivity contribution in [3.05, 3.63) is 92.9 Å². The van der Waals surface area contributed by atoms with Gasteiger partial charge in [-0.15, -0.1) is 0 Å². The first-order chi connectivity index (χ1) is 18.3. The molecule has 0 spiro atoms. The van der Waals surface area contributed by atoms with Crippen LogP contribution in [0, 0.1) is 41.2 Å². The molecule has 1 saturated heterocycles. The molecule has 0 aliphatic carbocycles. The fourth-order valence-corrected chi connectivity index (χ4v) is 5.06. The molecule has 1 aromatic heterocycles. The van der Waals surface area contributed by atoms with Crippen molar-refractivity contribution in [2.75, 3.05) is 26.2 Å². The molecule has 0 atom stereocenters. The third-order valence-corrected chi connectivity index (χ3v) is 7.11. The molecule has 0 saturated carbocycles. The number of benzene rings is 2. The largest absolute Gasteiger partial charge is 0.352 e. The molecule has 4 rings (SSSR count). The van der Waals surface area contributed by atoms with Gasteiger partial charge in [-0.1, -0.05) is 24.3 Å². The van der Waals surface area contributed by atoms with Gasteiger partial charge in [0.2, 0.25) is 5.56 Å². The number of likely N-dealkylation sites (tertiary alicyclic amines) is 1. The molecule has 1 fully saturated rings. The highest BCUT2D eigenvalue weighted by atomic mass is 19.2. The van der Waals surface area contributed by atoms with Crippen molar-refractivity contribution in [2.24, 2.45) is 0 Å². The monoisotopic (exact) mass is 515 g/mol. The number of hydrogen-bond donors (Lipinski definition) is 2. The minimum Gasteiger partial charge on any atom is -0.352 e. The van der Waals surface area contributed by atoms with Crippen molar-refractivity contribution >= 4 is 5.91 Å². The zero-order valence-electron chi connectivity index (χ0n) is 21.0. The third-order valence-electron chi connectivity index (χ3n) is 7.11. The van der Waals surface area contributed by atoms with E-state index in [4.69, 9.17) is 0 Å². The molecule has 0 unspecified atom stereocenters. The maximum absolute atomic E-state index is 13.8. The number of piperidine rings is 1. The van der Waals surface area contributed by atoms with Crippen molar-refractivity contribution in [3.63, 3.8) is 0 Å². The second-order valence-corrected chi connectivity index (χ2v) is 9.48. The second-order valence-electron chi connectivity index (χ2n) is 9.48. The predicted molar refractivity (Wildman–Crippen MR) is 138 cm³/mol. The van der Waals surface area contributed by atoms with Crippen LogP contribution in [0.3, 0.4) is 0 Å². The van der Waals surface area contributed by atoms with E-state index in [0.29, 0.717) is 56.7 Å². The number of rotatable bonds is 7. The number of nitriles is 2. The highest BCUT2D eigenvalue weighted by Gasteiger charge is 2.37. The highest BCUT2D eigenvalue weighted by Crippen LogP contribution is 2.36. The number of amides is 1. The van der Waals surface area contributed by atoms with Crippen LogP contribution in [0.1, 0.15) is 46.4 Å². The number of pyridine rings is 1. The molecular weight excluding hydrogens is 488 g/mol. The molecule has 0 radical (unpaired) electrons. The summed E-state index contributed by atoms with van der Waals surface area (Å²) in [5, 5.41) is 22.3. The average Bonchev–Trinajstić information content (AvgIpc) is 2.92. The van der Waals surface area contributed by atoms with Gasteiger partial charge in [0.1, 0.15) is 0 Å². The number of H-pyrrole nitrogens is 1. The van der Waals surface area contributed by atoms with Gasteiger partial charge in [0.15, 0.2) is 11.6 Å². The summed E-state index contributed by atoms with van der Waals surface area (Å²) >= 11 is 0. The fourth-order valence-electron chi connectivity index (χ4n) is 5.06. The van der Waals surface area contributed by atoms with E-state index in [2.05, 4.69) is 27.3 Å². The minimum atomic E-state index is -1.06. The Bertz CT molecular complexity index is 1490. The number of nitrogens with zero attached hydrogens (tertiary/aromatic N) is 3. The number of carbonyl (C=O) groups excluding carboxylic acids is 1. The smallest absolute Gasteiger partial charge is 0.253 e. The summed E-state index contributed by atoms with van der Waals surface area (Å²) in [4.78, 5) is 29.9. The van der Waals surface area contributed by atoms with Crippen molar-refractivity contribution in [1.82, 2.24) is 15.2 Å². The van der Waals surface area contributed by atoms with E-state index in [9.17, 15) is 28.9 Å². The average molecular weight is 516 g/mol. The predicted octanol–water partition coefficient (Wildman–Crippen LogP) is 4.18. The van der Waals surface area contributed by atoms with Gasteiger partial charge >= 0.3 is 0 Å². The van der Waals surface area contributed by atoms with Gasteiger partial charge in [-0.05, 0) is 75.1 Å². The molecule has 9 heteroatoms. The van der Waals surface area contributed by atoms with Crippen LogP contribution in [-0.4, -0.2) is 42.0 Å². The molecular formula is C29H27F2N5O2. The molecule has 0 bridgehead atoms. The van der Waals surface area contributed by atoms with Gasteiger partial charge in [0, 0.05) is 23.9 Å². The Hall–Kier alpha value is -4.34. The van der Waals surface area contributed by atoms with Crippen molar-refractivity contribution in [2.45, 2.75) is 31.6 Å². The summed E-state index contributed by atoms with van der Waals surface area (Å²) < 4.78 is 27.3. The van der Waals surface area contributed by atoms with E-state index in [1.807, 2.05) is 12.1 Å². The van der Waals surface area contributed by atoms with E-state index in [1.165, 1.54) is 12.1 Å². The summed E-state index contributed by atoms with van der Waals surface area (Å²) in [5.41, 5.74) is 1.17. The third kappa shape index (κ3) is 5.49. The number of hydrogen-bond acceptors (Lipinski definition) is 5. The molecule has 2 aromatic carbocycles. The van der Waals surface area contributed by atoms with Gasteiger partial charge in [-0.2, -0.15) is 10.5 Å². The Morgan fingerprint density at radius 2 is 1.84 bits per heavy atom. The molecule has 1 aliphatic rings. The molecule has 3 aromatic rings. The van der Waals surface area contributed by atoms with Crippen LogP contribution >= 0.6 is 0 Å². The number of halogens is 2. The quantitative estimate of drug-likeness (QED) is 0.459. The summed E-state index contributed by atoms with van der Waals surface area (Å²) in [6.07, 6.45) is 1.88. The standard InChI is InChI=1S/C29H27F2N5O2/c1-19-27(22(16-26(37)35-19)20-7-8-24(30)25(31)15-20)28(38)34-11-4-12-36-13-9-29(18-33,10-14-36)23-6-3-2-5-21(23)17-32/h2-3,5-8,15-16H,4,9-14H2,1H3,(H,34,38)(H,35,37). The van der Waals surface area contributed by atoms with E-state index in [0.717, 1.165) is 17.7 Å². The molecule has 7 nitrogen and oxygen atoms in total.